The first kappa shape index (κ1) is 17.8. The van der Waals surface area contributed by atoms with Crippen LogP contribution in [0.3, 0.4) is 0 Å². The van der Waals surface area contributed by atoms with E-state index in [0.717, 1.165) is 11.6 Å². The van der Waals surface area contributed by atoms with Gasteiger partial charge in [0.2, 0.25) is 5.78 Å². The largest absolute Gasteiger partial charge is 0.508 e. The Kier molecular flexibility index (Phi) is 4.61. The van der Waals surface area contributed by atoms with Crippen LogP contribution in [0.2, 0.25) is 0 Å². The molecule has 0 spiro atoms. The minimum atomic E-state index is -1.52. The molecule has 0 saturated carbocycles. The highest BCUT2D eigenvalue weighted by Crippen LogP contribution is 2.45. The average molecular weight is 356 g/mol. The van der Waals surface area contributed by atoms with E-state index in [-0.39, 0.29) is 22.8 Å². The summed E-state index contributed by atoms with van der Waals surface area (Å²) in [5.74, 6) is -1.20. The van der Waals surface area contributed by atoms with Crippen LogP contribution in [0.15, 0.2) is 42.0 Å². The fourth-order valence-corrected chi connectivity index (χ4v) is 2.94. The molecule has 0 aromatic heterocycles. The Bertz CT molecular complexity index is 878. The van der Waals surface area contributed by atoms with Crippen LogP contribution in [-0.2, 0) is 6.42 Å². The monoisotopic (exact) mass is 356 g/mol. The van der Waals surface area contributed by atoms with Gasteiger partial charge in [-0.05, 0) is 38.0 Å². The number of allylic oxidation sites excluding steroid dienone is 2. The van der Waals surface area contributed by atoms with Crippen LogP contribution in [0.5, 0.6) is 23.0 Å². The summed E-state index contributed by atoms with van der Waals surface area (Å²) in [7, 11) is 0. The van der Waals surface area contributed by atoms with E-state index in [1.807, 2.05) is 19.9 Å². The average Bonchev–Trinajstić information content (AvgIpc) is 2.57. The van der Waals surface area contributed by atoms with Gasteiger partial charge in [0.1, 0.15) is 28.6 Å². The van der Waals surface area contributed by atoms with Crippen LogP contribution in [0, 0.1) is 0 Å². The summed E-state index contributed by atoms with van der Waals surface area (Å²) in [4.78, 5) is 12.7. The predicted octanol–water partition coefficient (Wildman–Crippen LogP) is 2.99. The van der Waals surface area contributed by atoms with Crippen molar-refractivity contribution in [3.8, 4) is 23.0 Å². The lowest BCUT2D eigenvalue weighted by molar-refractivity contribution is 0.0206. The lowest BCUT2D eigenvalue weighted by Gasteiger charge is -2.31. The van der Waals surface area contributed by atoms with Gasteiger partial charge in [-0.1, -0.05) is 23.8 Å². The normalized spacial score (nSPS) is 18.8. The molecule has 0 bridgehead atoms. The number of hydrogen-bond acceptors (Lipinski definition) is 6. The zero-order chi connectivity index (χ0) is 19.0. The van der Waals surface area contributed by atoms with Gasteiger partial charge in [-0.15, -0.1) is 0 Å². The van der Waals surface area contributed by atoms with Crippen LogP contribution < -0.4 is 4.74 Å². The second-order valence-electron chi connectivity index (χ2n) is 6.52. The number of ketones is 1. The van der Waals surface area contributed by atoms with Gasteiger partial charge in [0, 0.05) is 11.6 Å². The molecule has 1 aliphatic heterocycles. The number of rotatable bonds is 3. The van der Waals surface area contributed by atoms with Gasteiger partial charge in [-0.3, -0.25) is 4.79 Å². The summed E-state index contributed by atoms with van der Waals surface area (Å²) in [5, 5.41) is 40.1. The third-order valence-corrected chi connectivity index (χ3v) is 4.32. The summed E-state index contributed by atoms with van der Waals surface area (Å²) in [6, 6.07) is 7.02. The maximum atomic E-state index is 12.7. The number of phenolic OH excluding ortho intramolecular Hbond substituents is 3. The molecule has 6 nitrogen and oxygen atoms in total. The Labute approximate surface area is 150 Å². The number of carbonyl (C=O) groups is 1. The number of aliphatic hydroxyl groups excluding tert-OH is 1. The van der Waals surface area contributed by atoms with E-state index in [1.165, 1.54) is 12.1 Å². The van der Waals surface area contributed by atoms with E-state index in [1.54, 1.807) is 12.1 Å². The molecule has 136 valence electrons. The Hall–Kier alpha value is -2.99. The van der Waals surface area contributed by atoms with Crippen molar-refractivity contribution in [1.29, 1.82) is 0 Å². The van der Waals surface area contributed by atoms with Crippen LogP contribution in [0.1, 0.15) is 41.4 Å². The summed E-state index contributed by atoms with van der Waals surface area (Å²) >= 11 is 0. The minimum absolute atomic E-state index is 0.0466. The molecule has 0 aliphatic carbocycles. The van der Waals surface area contributed by atoms with Crippen molar-refractivity contribution in [2.45, 2.75) is 32.5 Å². The van der Waals surface area contributed by atoms with Crippen molar-refractivity contribution in [2.75, 3.05) is 0 Å². The maximum Gasteiger partial charge on any atom is 0.202 e. The SMILES string of the molecule is CC(C)=CCc1c(O)cc(O)c2c1OC(c1ccc(O)cc1)C(O)C2=O. The quantitative estimate of drug-likeness (QED) is 0.630. The van der Waals surface area contributed by atoms with E-state index >= 15 is 0 Å². The maximum absolute atomic E-state index is 12.7. The van der Waals surface area contributed by atoms with Crippen molar-refractivity contribution in [3.05, 3.63) is 58.7 Å². The molecule has 3 rings (SSSR count). The number of Topliss-reactive ketones (excluding diaryl/α,β-unsaturated/α-hetero) is 1. The number of carbonyl (C=O) groups excluding carboxylic acids is 1. The Morgan fingerprint density at radius 2 is 1.77 bits per heavy atom. The summed E-state index contributed by atoms with van der Waals surface area (Å²) in [6.07, 6.45) is -0.357. The molecule has 0 amide bonds. The van der Waals surface area contributed by atoms with Crippen LogP contribution in [0.25, 0.3) is 0 Å². The Morgan fingerprint density at radius 1 is 1.12 bits per heavy atom. The van der Waals surface area contributed by atoms with Crippen molar-refractivity contribution in [2.24, 2.45) is 0 Å². The molecule has 2 atom stereocenters. The van der Waals surface area contributed by atoms with Gasteiger partial charge in [0.15, 0.2) is 12.2 Å². The summed E-state index contributed by atoms with van der Waals surface area (Å²) in [5.41, 5.74) is 1.74. The Morgan fingerprint density at radius 3 is 2.38 bits per heavy atom. The molecular weight excluding hydrogens is 336 g/mol. The number of phenols is 3. The highest BCUT2D eigenvalue weighted by molar-refractivity contribution is 6.06. The third kappa shape index (κ3) is 3.11. The third-order valence-electron chi connectivity index (χ3n) is 4.32. The number of benzene rings is 2. The molecule has 1 aliphatic rings. The molecule has 1 heterocycles. The van der Waals surface area contributed by atoms with Gasteiger partial charge in [0.25, 0.3) is 0 Å². The predicted molar refractivity (Wildman–Crippen MR) is 94.7 cm³/mol. The summed E-state index contributed by atoms with van der Waals surface area (Å²) in [6.45, 7) is 3.80. The number of ether oxygens (including phenoxy) is 1. The van der Waals surface area contributed by atoms with Crippen LogP contribution >= 0.6 is 0 Å². The van der Waals surface area contributed by atoms with E-state index in [2.05, 4.69) is 0 Å². The first-order valence-corrected chi connectivity index (χ1v) is 8.18. The highest BCUT2D eigenvalue weighted by Gasteiger charge is 2.40. The molecule has 0 radical (unpaired) electrons. The Balaban J connectivity index is 2.12. The molecule has 2 aromatic rings. The first-order chi connectivity index (χ1) is 12.3. The van der Waals surface area contributed by atoms with E-state index < -0.39 is 23.7 Å². The topological polar surface area (TPSA) is 107 Å². The van der Waals surface area contributed by atoms with Gasteiger partial charge >= 0.3 is 0 Å². The van der Waals surface area contributed by atoms with E-state index in [0.29, 0.717) is 17.5 Å². The molecular formula is C20H20O6. The van der Waals surface area contributed by atoms with Gasteiger partial charge < -0.3 is 25.2 Å². The molecule has 4 N–H and O–H groups in total. The number of hydrogen-bond donors (Lipinski definition) is 4. The lowest BCUT2D eigenvalue weighted by Crippen LogP contribution is -2.36. The van der Waals surface area contributed by atoms with Gasteiger partial charge in [0.05, 0.1) is 0 Å². The second kappa shape index (κ2) is 6.72. The second-order valence-corrected chi connectivity index (χ2v) is 6.52. The van der Waals surface area contributed by atoms with Crippen molar-refractivity contribution < 1.29 is 30.0 Å². The number of fused-ring (bicyclic) bond motifs is 1. The zero-order valence-electron chi connectivity index (χ0n) is 14.4. The highest BCUT2D eigenvalue weighted by atomic mass is 16.5. The fraction of sp³-hybridized carbons (Fsp3) is 0.250. The minimum Gasteiger partial charge on any atom is -0.508 e. The van der Waals surface area contributed by atoms with Crippen molar-refractivity contribution in [1.82, 2.24) is 0 Å². The summed E-state index contributed by atoms with van der Waals surface area (Å²) < 4.78 is 5.86. The van der Waals surface area contributed by atoms with Gasteiger partial charge in [-0.2, -0.15) is 0 Å². The molecule has 2 aromatic carbocycles. The van der Waals surface area contributed by atoms with Crippen LogP contribution in [-0.4, -0.2) is 32.3 Å². The van der Waals surface area contributed by atoms with Crippen molar-refractivity contribution >= 4 is 5.78 Å². The molecule has 6 heteroatoms. The van der Waals surface area contributed by atoms with E-state index in [4.69, 9.17) is 4.74 Å². The number of aliphatic hydroxyl groups is 1. The number of aromatic hydroxyl groups is 3. The first-order valence-electron chi connectivity index (χ1n) is 8.18. The standard InChI is InChI=1S/C20H20O6/c1-10(2)3-8-13-14(22)9-15(23)16-17(24)18(25)19(26-20(13)16)11-4-6-12(21)7-5-11/h3-7,9,18-19,21-23,25H,8H2,1-2H3. The van der Waals surface area contributed by atoms with Gasteiger partial charge in [-0.25, -0.2) is 0 Å². The lowest BCUT2D eigenvalue weighted by atomic mass is 9.90. The fourth-order valence-electron chi connectivity index (χ4n) is 2.94. The van der Waals surface area contributed by atoms with E-state index in [9.17, 15) is 25.2 Å². The molecule has 0 fully saturated rings. The molecule has 2 unspecified atom stereocenters. The smallest absolute Gasteiger partial charge is 0.202 e. The van der Waals surface area contributed by atoms with Crippen molar-refractivity contribution in [3.63, 3.8) is 0 Å². The molecule has 0 saturated heterocycles. The zero-order valence-corrected chi connectivity index (χ0v) is 14.4. The molecule has 26 heavy (non-hydrogen) atoms. The van der Waals surface area contributed by atoms with Crippen LogP contribution in [0.4, 0.5) is 0 Å².